The fourth-order valence-corrected chi connectivity index (χ4v) is 6.76. The van der Waals surface area contributed by atoms with Crippen molar-refractivity contribution in [3.8, 4) is 0 Å². The third-order valence-electron chi connectivity index (χ3n) is 10.0. The number of unbranched alkanes of at least 4 members (excludes halogenated alkanes) is 29. The summed E-state index contributed by atoms with van der Waals surface area (Å²) >= 11 is 0. The monoisotopic (exact) mass is 794 g/mol. The molecule has 0 fully saturated rings. The lowest BCUT2D eigenvalue weighted by Gasteiger charge is -2.23. The van der Waals surface area contributed by atoms with Crippen LogP contribution >= 0.6 is 7.82 Å². The fourth-order valence-electron chi connectivity index (χ4n) is 6.44. The van der Waals surface area contributed by atoms with Gasteiger partial charge >= 0.3 is 7.82 Å². The number of carbonyl (C=O) groups is 1. The van der Waals surface area contributed by atoms with Gasteiger partial charge in [-0.2, -0.15) is 0 Å². The minimum atomic E-state index is -4.26. The van der Waals surface area contributed by atoms with E-state index in [0.717, 1.165) is 19.3 Å². The van der Waals surface area contributed by atoms with E-state index in [1.54, 1.807) is 0 Å². The third kappa shape index (κ3) is 53.6. The second-order valence-electron chi connectivity index (χ2n) is 16.9. The number of likely N-dealkylation sites (N-methyl/N-ethyl adjacent to an activating group) is 1. The van der Waals surface area contributed by atoms with Gasteiger partial charge in [-0.05, 0) is 12.8 Å². The molecule has 0 aromatic carbocycles. The minimum absolute atomic E-state index is 0.0616. The van der Waals surface area contributed by atoms with Crippen molar-refractivity contribution in [2.45, 2.75) is 225 Å². The number of aliphatic hydroxyl groups excluding tert-OH is 1. The standard InChI is InChI=1S/C39H79NO3.C5H14NO4P/c1-3-5-7-9-11-13-15-17-19-21-23-25-27-29-31-33-35-43-37-38(41)36-40-39(42)34-32-30-28-26-24-22-20-18-16-14-12-10-8-6-4-2;1-6(2,3)4-5-10-11(7,8)9/h38,41H,3-37H2,1-2H3,(H,40,42);4-5H2,1-3H3,(H-,7,8,9)/p+1. The zero-order chi connectivity index (χ0) is 40.4. The molecule has 1 amide bonds. The zero-order valence-electron chi connectivity index (χ0n) is 36.6. The van der Waals surface area contributed by atoms with Crippen molar-refractivity contribution < 1.29 is 38.0 Å². The first-order valence-electron chi connectivity index (χ1n) is 22.9. The molecule has 0 saturated carbocycles. The summed E-state index contributed by atoms with van der Waals surface area (Å²) in [5.41, 5.74) is 0. The van der Waals surface area contributed by atoms with Crippen LogP contribution in [0.2, 0.25) is 0 Å². The van der Waals surface area contributed by atoms with E-state index in [1.807, 2.05) is 21.1 Å². The highest BCUT2D eigenvalue weighted by atomic mass is 31.2. The largest absolute Gasteiger partial charge is 0.469 e. The number of phosphoric acid groups is 1. The lowest BCUT2D eigenvalue weighted by molar-refractivity contribution is -0.870. The molecule has 0 aromatic heterocycles. The average molecular weight is 794 g/mol. The molecule has 0 heterocycles. The number of hydrogen-bond donors (Lipinski definition) is 4. The molecular formula is C44H94N2O7P+. The molecule has 0 aliphatic carbocycles. The van der Waals surface area contributed by atoms with Crippen molar-refractivity contribution in [3.63, 3.8) is 0 Å². The summed E-state index contributed by atoms with van der Waals surface area (Å²) in [5, 5.41) is 13.0. The summed E-state index contributed by atoms with van der Waals surface area (Å²) in [7, 11) is 1.50. The molecule has 9 nitrogen and oxygen atoms in total. The van der Waals surface area contributed by atoms with Gasteiger partial charge in [0.1, 0.15) is 13.2 Å². The maximum Gasteiger partial charge on any atom is 0.469 e. The first kappa shape index (κ1) is 55.6. The van der Waals surface area contributed by atoms with Gasteiger partial charge in [-0.1, -0.05) is 200 Å². The van der Waals surface area contributed by atoms with Crippen LogP contribution in [0.1, 0.15) is 219 Å². The highest BCUT2D eigenvalue weighted by molar-refractivity contribution is 7.46. The Morgan fingerprint density at radius 2 is 0.889 bits per heavy atom. The van der Waals surface area contributed by atoms with Crippen LogP contribution in [0.15, 0.2) is 0 Å². The molecule has 1 unspecified atom stereocenters. The van der Waals surface area contributed by atoms with Gasteiger partial charge in [0.2, 0.25) is 5.91 Å². The smallest absolute Gasteiger partial charge is 0.389 e. The van der Waals surface area contributed by atoms with Crippen LogP contribution in [0.5, 0.6) is 0 Å². The molecule has 10 heteroatoms. The minimum Gasteiger partial charge on any atom is -0.389 e. The Balaban J connectivity index is 0. The highest BCUT2D eigenvalue weighted by Gasteiger charge is 2.16. The Hall–Kier alpha value is -0.540. The summed E-state index contributed by atoms with van der Waals surface area (Å²) in [6, 6.07) is 0. The van der Waals surface area contributed by atoms with E-state index in [-0.39, 0.29) is 12.5 Å². The molecule has 1 atom stereocenters. The number of amides is 1. The SMILES string of the molecule is CCCCCCCCCCCCCCCCCCOCC(O)CNC(=O)CCCCCCCCCCCCCCCCC.C[N+](C)(C)CCOP(=O)(O)O. The van der Waals surface area contributed by atoms with Crippen molar-refractivity contribution in [2.75, 3.05) is 54.1 Å². The Morgan fingerprint density at radius 3 is 1.22 bits per heavy atom. The molecule has 0 spiro atoms. The van der Waals surface area contributed by atoms with E-state index in [2.05, 4.69) is 23.7 Å². The number of aliphatic hydroxyl groups is 1. The van der Waals surface area contributed by atoms with Gasteiger partial charge in [0.15, 0.2) is 0 Å². The van der Waals surface area contributed by atoms with Crippen LogP contribution in [0.25, 0.3) is 0 Å². The van der Waals surface area contributed by atoms with Crippen molar-refractivity contribution >= 4 is 13.7 Å². The van der Waals surface area contributed by atoms with Gasteiger partial charge in [0.05, 0.1) is 33.9 Å². The summed E-state index contributed by atoms with van der Waals surface area (Å²) < 4.78 is 20.7. The molecule has 0 aliphatic rings. The molecular weight excluding hydrogens is 699 g/mol. The quantitative estimate of drug-likeness (QED) is 0.0276. The number of nitrogens with one attached hydrogen (secondary N) is 1. The lowest BCUT2D eigenvalue weighted by atomic mass is 10.0. The molecule has 326 valence electrons. The first-order valence-corrected chi connectivity index (χ1v) is 24.5. The van der Waals surface area contributed by atoms with Gasteiger partial charge in [-0.25, -0.2) is 4.57 Å². The zero-order valence-corrected chi connectivity index (χ0v) is 37.5. The average Bonchev–Trinajstić information content (AvgIpc) is 3.11. The topological polar surface area (TPSA) is 125 Å². The Labute approximate surface area is 335 Å². The second-order valence-corrected chi connectivity index (χ2v) is 18.1. The Kier molecular flexibility index (Phi) is 43.3. The van der Waals surface area contributed by atoms with Gasteiger partial charge in [-0.3, -0.25) is 9.32 Å². The number of phosphoric ester groups is 1. The highest BCUT2D eigenvalue weighted by Crippen LogP contribution is 2.35. The van der Waals surface area contributed by atoms with Crippen LogP contribution < -0.4 is 5.32 Å². The van der Waals surface area contributed by atoms with Gasteiger partial charge in [0.25, 0.3) is 0 Å². The maximum atomic E-state index is 12.1. The maximum absolute atomic E-state index is 12.1. The molecule has 0 aliphatic heterocycles. The normalized spacial score (nSPS) is 12.4. The molecule has 0 saturated heterocycles. The fraction of sp³-hybridized carbons (Fsp3) is 0.977. The van der Waals surface area contributed by atoms with E-state index >= 15 is 0 Å². The summed E-state index contributed by atoms with van der Waals surface area (Å²) in [6.07, 6.45) is 41.9. The Bertz CT molecular complexity index is 806. The van der Waals surface area contributed by atoms with Crippen molar-refractivity contribution in [3.05, 3.63) is 0 Å². The van der Waals surface area contributed by atoms with Crippen LogP contribution in [-0.4, -0.2) is 85.4 Å². The van der Waals surface area contributed by atoms with Crippen LogP contribution in [-0.2, 0) is 18.6 Å². The summed E-state index contributed by atoms with van der Waals surface area (Å²) in [6.45, 7) is 6.55. The van der Waals surface area contributed by atoms with Crippen molar-refractivity contribution in [1.82, 2.24) is 5.32 Å². The number of hydrogen-bond acceptors (Lipinski definition) is 5. The number of carbonyl (C=O) groups excluding carboxylic acids is 1. The summed E-state index contributed by atoms with van der Waals surface area (Å²) in [5.74, 6) is 0.0616. The summed E-state index contributed by atoms with van der Waals surface area (Å²) in [4.78, 5) is 28.7. The molecule has 54 heavy (non-hydrogen) atoms. The van der Waals surface area contributed by atoms with E-state index < -0.39 is 13.9 Å². The lowest BCUT2D eigenvalue weighted by Crippen LogP contribution is -2.37. The molecule has 0 aromatic rings. The molecule has 0 radical (unpaired) electrons. The van der Waals surface area contributed by atoms with Crippen LogP contribution in [0.3, 0.4) is 0 Å². The molecule has 0 bridgehead atoms. The van der Waals surface area contributed by atoms with Crippen LogP contribution in [0.4, 0.5) is 0 Å². The predicted octanol–water partition coefficient (Wildman–Crippen LogP) is 11.8. The van der Waals surface area contributed by atoms with Gasteiger partial charge < -0.3 is 29.4 Å². The number of ether oxygens (including phenoxy) is 1. The van der Waals surface area contributed by atoms with E-state index in [0.29, 0.717) is 37.2 Å². The number of quaternary nitrogens is 1. The third-order valence-corrected chi connectivity index (χ3v) is 10.5. The second kappa shape index (κ2) is 42.1. The first-order chi connectivity index (χ1) is 25.9. The van der Waals surface area contributed by atoms with E-state index in [1.165, 1.54) is 180 Å². The van der Waals surface area contributed by atoms with Gasteiger partial charge in [0, 0.05) is 19.6 Å². The van der Waals surface area contributed by atoms with Crippen molar-refractivity contribution in [1.29, 1.82) is 0 Å². The number of rotatable bonds is 41. The van der Waals surface area contributed by atoms with E-state index in [9.17, 15) is 14.5 Å². The van der Waals surface area contributed by atoms with Gasteiger partial charge in [-0.15, -0.1) is 0 Å². The number of nitrogens with zero attached hydrogens (tertiary/aromatic N) is 1. The van der Waals surface area contributed by atoms with E-state index in [4.69, 9.17) is 14.5 Å². The Morgan fingerprint density at radius 1 is 0.556 bits per heavy atom. The molecule has 4 N–H and O–H groups in total. The predicted molar refractivity (Wildman–Crippen MR) is 230 cm³/mol. The molecule has 0 rings (SSSR count). The van der Waals surface area contributed by atoms with Crippen LogP contribution in [0, 0.1) is 0 Å². The van der Waals surface area contributed by atoms with Crippen molar-refractivity contribution in [2.24, 2.45) is 0 Å².